The maximum atomic E-state index is 5.92. The average Bonchev–Trinajstić information content (AvgIpc) is 2.95. The van der Waals surface area contributed by atoms with E-state index >= 15 is 0 Å². The molecule has 0 bridgehead atoms. The van der Waals surface area contributed by atoms with Gasteiger partial charge in [0.15, 0.2) is 5.82 Å². The molecule has 0 aliphatic heterocycles. The number of hydrogen-bond acceptors (Lipinski definition) is 4. The molecule has 0 radical (unpaired) electrons. The lowest BCUT2D eigenvalue weighted by Gasteiger charge is -2.08. The number of rotatable bonds is 2. The molecule has 2 aromatic heterocycles. The van der Waals surface area contributed by atoms with Crippen molar-refractivity contribution in [2.45, 2.75) is 38.0 Å². The highest BCUT2D eigenvalue weighted by molar-refractivity contribution is 7.15. The van der Waals surface area contributed by atoms with Gasteiger partial charge < -0.3 is 4.52 Å². The summed E-state index contributed by atoms with van der Waals surface area (Å²) in [5, 5.41) is 3.68. The number of alkyl halides is 1. The summed E-state index contributed by atoms with van der Waals surface area (Å²) < 4.78 is 5.25. The van der Waals surface area contributed by atoms with Gasteiger partial charge in [0, 0.05) is 4.88 Å². The van der Waals surface area contributed by atoms with Gasteiger partial charge in [0.05, 0.1) is 10.3 Å². The van der Waals surface area contributed by atoms with Crippen molar-refractivity contribution in [3.8, 4) is 10.8 Å². The Balaban J connectivity index is 1.94. The average molecular weight is 269 g/mol. The van der Waals surface area contributed by atoms with Gasteiger partial charge in [-0.05, 0) is 44.2 Å². The Morgan fingerprint density at radius 1 is 1.41 bits per heavy atom. The third kappa shape index (κ3) is 2.11. The van der Waals surface area contributed by atoms with Crippen molar-refractivity contribution in [2.24, 2.45) is 0 Å². The molecular weight excluding hydrogens is 256 g/mol. The van der Waals surface area contributed by atoms with E-state index in [1.165, 1.54) is 36.1 Å². The molecule has 0 spiro atoms. The molecule has 0 aromatic carbocycles. The molecule has 1 aliphatic carbocycles. The van der Waals surface area contributed by atoms with Crippen molar-refractivity contribution >= 4 is 22.9 Å². The molecule has 1 atom stereocenters. The van der Waals surface area contributed by atoms with Gasteiger partial charge in [-0.2, -0.15) is 4.98 Å². The predicted octanol–water partition coefficient (Wildman–Crippen LogP) is 3.98. The minimum atomic E-state index is -0.206. The van der Waals surface area contributed by atoms with E-state index in [-0.39, 0.29) is 5.38 Å². The van der Waals surface area contributed by atoms with E-state index in [0.717, 1.165) is 4.88 Å². The molecule has 2 aromatic rings. The van der Waals surface area contributed by atoms with E-state index in [1.54, 1.807) is 11.3 Å². The number of hydrogen-bond donors (Lipinski definition) is 0. The topological polar surface area (TPSA) is 38.9 Å². The number of nitrogens with zero attached hydrogens (tertiary/aromatic N) is 2. The Morgan fingerprint density at radius 2 is 2.24 bits per heavy atom. The van der Waals surface area contributed by atoms with Crippen LogP contribution in [0.25, 0.3) is 10.8 Å². The molecule has 0 saturated carbocycles. The van der Waals surface area contributed by atoms with E-state index in [4.69, 9.17) is 16.1 Å². The van der Waals surface area contributed by atoms with Crippen LogP contribution in [0.2, 0.25) is 0 Å². The second-order valence-corrected chi connectivity index (χ2v) is 6.13. The summed E-state index contributed by atoms with van der Waals surface area (Å²) in [5.74, 6) is 1.17. The Labute approximate surface area is 109 Å². The second-order valence-electron chi connectivity index (χ2n) is 4.34. The van der Waals surface area contributed by atoms with Crippen LogP contribution in [0, 0.1) is 0 Å². The lowest BCUT2D eigenvalue weighted by Crippen LogP contribution is -1.96. The van der Waals surface area contributed by atoms with Crippen LogP contribution in [0.15, 0.2) is 10.6 Å². The molecule has 90 valence electrons. The smallest absolute Gasteiger partial charge is 0.268 e. The van der Waals surface area contributed by atoms with E-state index < -0.39 is 0 Å². The highest BCUT2D eigenvalue weighted by atomic mass is 35.5. The molecule has 0 amide bonds. The summed E-state index contributed by atoms with van der Waals surface area (Å²) in [6.45, 7) is 1.84. The van der Waals surface area contributed by atoms with Crippen LogP contribution in [-0.2, 0) is 12.8 Å². The maximum absolute atomic E-state index is 5.92. The van der Waals surface area contributed by atoms with Crippen LogP contribution in [0.1, 0.15) is 41.4 Å². The SMILES string of the molecule is CC(Cl)c1noc(-c2cc3c(s2)CCCC3)n1. The van der Waals surface area contributed by atoms with Crippen molar-refractivity contribution in [3.05, 3.63) is 22.3 Å². The zero-order valence-corrected chi connectivity index (χ0v) is 11.1. The van der Waals surface area contributed by atoms with E-state index in [1.807, 2.05) is 6.92 Å². The summed E-state index contributed by atoms with van der Waals surface area (Å²) in [6.07, 6.45) is 4.95. The first-order chi connectivity index (χ1) is 8.24. The highest BCUT2D eigenvalue weighted by Gasteiger charge is 2.18. The fourth-order valence-electron chi connectivity index (χ4n) is 2.09. The Hall–Kier alpha value is -0.870. The molecule has 0 N–H and O–H groups in total. The first-order valence-electron chi connectivity index (χ1n) is 5.83. The van der Waals surface area contributed by atoms with Crippen molar-refractivity contribution in [1.29, 1.82) is 0 Å². The fourth-order valence-corrected chi connectivity index (χ4v) is 3.36. The minimum absolute atomic E-state index is 0.206. The fraction of sp³-hybridized carbons (Fsp3) is 0.500. The van der Waals surface area contributed by atoms with Crippen LogP contribution < -0.4 is 0 Å². The Bertz CT molecular complexity index is 509. The Morgan fingerprint density at radius 3 is 2.94 bits per heavy atom. The Kier molecular flexibility index (Phi) is 2.92. The predicted molar refractivity (Wildman–Crippen MR) is 68.5 cm³/mol. The summed E-state index contributed by atoms with van der Waals surface area (Å²) in [7, 11) is 0. The first kappa shape index (κ1) is 11.2. The first-order valence-corrected chi connectivity index (χ1v) is 7.09. The molecule has 1 aliphatic rings. The highest BCUT2D eigenvalue weighted by Crippen LogP contribution is 2.35. The van der Waals surface area contributed by atoms with Crippen molar-refractivity contribution in [1.82, 2.24) is 10.1 Å². The molecule has 3 nitrogen and oxygen atoms in total. The zero-order chi connectivity index (χ0) is 11.8. The summed E-state index contributed by atoms with van der Waals surface area (Å²) >= 11 is 7.70. The molecule has 17 heavy (non-hydrogen) atoms. The van der Waals surface area contributed by atoms with Crippen LogP contribution in [0.4, 0.5) is 0 Å². The van der Waals surface area contributed by atoms with Crippen molar-refractivity contribution < 1.29 is 4.52 Å². The molecule has 5 heteroatoms. The number of thiophene rings is 1. The third-order valence-corrected chi connectivity index (χ3v) is 4.43. The maximum Gasteiger partial charge on any atom is 0.268 e. The minimum Gasteiger partial charge on any atom is -0.333 e. The second kappa shape index (κ2) is 4.42. The normalized spacial score (nSPS) is 16.8. The van der Waals surface area contributed by atoms with E-state index in [9.17, 15) is 0 Å². The lowest BCUT2D eigenvalue weighted by atomic mass is 9.99. The number of fused-ring (bicyclic) bond motifs is 1. The lowest BCUT2D eigenvalue weighted by molar-refractivity contribution is 0.423. The van der Waals surface area contributed by atoms with E-state index in [0.29, 0.717) is 11.7 Å². The van der Waals surface area contributed by atoms with Gasteiger partial charge in [-0.25, -0.2) is 0 Å². The van der Waals surface area contributed by atoms with Gasteiger partial charge in [0.1, 0.15) is 0 Å². The largest absolute Gasteiger partial charge is 0.333 e. The monoisotopic (exact) mass is 268 g/mol. The zero-order valence-electron chi connectivity index (χ0n) is 9.57. The molecule has 3 rings (SSSR count). The van der Waals surface area contributed by atoms with Crippen molar-refractivity contribution in [2.75, 3.05) is 0 Å². The van der Waals surface area contributed by atoms with Gasteiger partial charge >= 0.3 is 0 Å². The standard InChI is InChI=1S/C12H13ClN2OS/c1-7(13)11-14-12(16-15-11)10-6-8-4-2-3-5-9(8)17-10/h6-7H,2-5H2,1H3. The van der Waals surface area contributed by atoms with Crippen LogP contribution in [0.3, 0.4) is 0 Å². The number of aromatic nitrogens is 2. The number of aryl methyl sites for hydroxylation is 2. The van der Waals surface area contributed by atoms with Crippen LogP contribution >= 0.6 is 22.9 Å². The molecule has 2 heterocycles. The molecule has 1 unspecified atom stereocenters. The summed E-state index contributed by atoms with van der Waals surface area (Å²) in [6, 6.07) is 2.19. The van der Waals surface area contributed by atoms with Crippen molar-refractivity contribution in [3.63, 3.8) is 0 Å². The molecular formula is C12H13ClN2OS. The van der Waals surface area contributed by atoms with Crippen LogP contribution in [-0.4, -0.2) is 10.1 Å². The quantitative estimate of drug-likeness (QED) is 0.774. The van der Waals surface area contributed by atoms with E-state index in [2.05, 4.69) is 16.2 Å². The third-order valence-electron chi connectivity index (χ3n) is 3.00. The molecule has 0 fully saturated rings. The van der Waals surface area contributed by atoms with Gasteiger partial charge in [0.2, 0.25) is 0 Å². The van der Waals surface area contributed by atoms with Gasteiger partial charge in [-0.3, -0.25) is 0 Å². The molecule has 0 saturated heterocycles. The number of halogens is 1. The summed E-state index contributed by atoms with van der Waals surface area (Å²) in [5.41, 5.74) is 1.45. The van der Waals surface area contributed by atoms with Gasteiger partial charge in [-0.15, -0.1) is 22.9 Å². The van der Waals surface area contributed by atoms with Crippen LogP contribution in [0.5, 0.6) is 0 Å². The van der Waals surface area contributed by atoms with Gasteiger partial charge in [0.25, 0.3) is 5.89 Å². The van der Waals surface area contributed by atoms with Gasteiger partial charge in [-0.1, -0.05) is 5.16 Å². The summed E-state index contributed by atoms with van der Waals surface area (Å²) in [4.78, 5) is 6.88.